The fourth-order valence-electron chi connectivity index (χ4n) is 3.26. The quantitative estimate of drug-likeness (QED) is 0.382. The van der Waals surface area contributed by atoms with Gasteiger partial charge < -0.3 is 15.0 Å². The predicted molar refractivity (Wildman–Crippen MR) is 118 cm³/mol. The van der Waals surface area contributed by atoms with Crippen LogP contribution in [0.5, 0.6) is 11.5 Å². The molecule has 5 aromatic rings. The summed E-state index contributed by atoms with van der Waals surface area (Å²) in [6.45, 7) is 0. The topological polar surface area (TPSA) is 92.8 Å². The Morgan fingerprint density at radius 1 is 0.909 bits per heavy atom. The molecule has 1 amide bonds. The van der Waals surface area contributed by atoms with Crippen LogP contribution in [0.1, 0.15) is 10.5 Å². The molecule has 2 N–H and O–H groups in total. The number of aromatic amines is 1. The molecule has 2 aromatic carbocycles. The van der Waals surface area contributed by atoms with E-state index < -0.39 is 11.7 Å². The fourth-order valence-corrected chi connectivity index (χ4v) is 3.26. The van der Waals surface area contributed by atoms with Crippen LogP contribution < -0.4 is 10.1 Å². The molecule has 0 aliphatic rings. The standard InChI is InChI=1S/C24H15F2N5O2/c25-15-3-1-14(2-4-15)19-12-20(30-13-29-19)24(32)31-16-5-6-22(18(26)11-16)33-21-8-10-28-23-17(21)7-9-27-23/h1-13H,(H,27,28)(H,31,32). The summed E-state index contributed by atoms with van der Waals surface area (Å²) in [4.78, 5) is 27.9. The number of H-pyrrole nitrogens is 1. The molecule has 0 radical (unpaired) electrons. The molecule has 33 heavy (non-hydrogen) atoms. The lowest BCUT2D eigenvalue weighted by Crippen LogP contribution is -2.14. The molecule has 0 unspecified atom stereocenters. The number of anilines is 1. The maximum atomic E-state index is 14.7. The summed E-state index contributed by atoms with van der Waals surface area (Å²) in [7, 11) is 0. The SMILES string of the molecule is O=C(Nc1ccc(Oc2ccnc3[nH]ccc23)c(F)c1)c1cc(-c2ccc(F)cc2)ncn1. The number of halogens is 2. The highest BCUT2D eigenvalue weighted by molar-refractivity contribution is 6.03. The molecule has 0 saturated heterocycles. The Bertz CT molecular complexity index is 1470. The third-order valence-electron chi connectivity index (χ3n) is 4.87. The molecule has 0 spiro atoms. The second-order valence-corrected chi connectivity index (χ2v) is 7.05. The zero-order chi connectivity index (χ0) is 22.8. The van der Waals surface area contributed by atoms with E-state index >= 15 is 0 Å². The number of nitrogens with one attached hydrogen (secondary N) is 2. The third-order valence-corrected chi connectivity index (χ3v) is 4.87. The van der Waals surface area contributed by atoms with E-state index in [1.54, 1.807) is 36.7 Å². The zero-order valence-electron chi connectivity index (χ0n) is 16.9. The average Bonchev–Trinajstić information content (AvgIpc) is 3.31. The first-order chi connectivity index (χ1) is 16.1. The highest BCUT2D eigenvalue weighted by atomic mass is 19.1. The van der Waals surface area contributed by atoms with Crippen LogP contribution in [0.2, 0.25) is 0 Å². The van der Waals surface area contributed by atoms with Gasteiger partial charge in [-0.1, -0.05) is 0 Å². The summed E-state index contributed by atoms with van der Waals surface area (Å²) >= 11 is 0. The van der Waals surface area contributed by atoms with Gasteiger partial charge in [-0.2, -0.15) is 0 Å². The smallest absolute Gasteiger partial charge is 0.274 e. The molecule has 5 rings (SSSR count). The normalized spacial score (nSPS) is 10.8. The number of hydrogen-bond acceptors (Lipinski definition) is 5. The summed E-state index contributed by atoms with van der Waals surface area (Å²) in [5.74, 6) is -1.12. The van der Waals surface area contributed by atoms with Crippen molar-refractivity contribution in [1.29, 1.82) is 0 Å². The lowest BCUT2D eigenvalue weighted by molar-refractivity contribution is 0.102. The number of aromatic nitrogens is 4. The molecular formula is C24H15F2N5O2. The molecule has 3 aromatic heterocycles. The molecule has 0 bridgehead atoms. The minimum Gasteiger partial charge on any atom is -0.453 e. The van der Waals surface area contributed by atoms with E-state index in [4.69, 9.17) is 4.74 Å². The second kappa shape index (κ2) is 8.46. The largest absolute Gasteiger partial charge is 0.453 e. The van der Waals surface area contributed by atoms with Crippen molar-refractivity contribution in [2.24, 2.45) is 0 Å². The number of carbonyl (C=O) groups excluding carboxylic acids is 1. The maximum absolute atomic E-state index is 14.7. The summed E-state index contributed by atoms with van der Waals surface area (Å²) in [6, 6.07) is 14.7. The number of rotatable bonds is 5. The average molecular weight is 443 g/mol. The van der Waals surface area contributed by atoms with Crippen molar-refractivity contribution >= 4 is 22.6 Å². The maximum Gasteiger partial charge on any atom is 0.274 e. The van der Waals surface area contributed by atoms with Crippen molar-refractivity contribution in [2.45, 2.75) is 0 Å². The van der Waals surface area contributed by atoms with Gasteiger partial charge in [0.15, 0.2) is 11.6 Å². The van der Waals surface area contributed by atoms with Crippen LogP contribution in [0, 0.1) is 11.6 Å². The van der Waals surface area contributed by atoms with E-state index in [0.29, 0.717) is 22.7 Å². The van der Waals surface area contributed by atoms with Gasteiger partial charge >= 0.3 is 0 Å². The number of ether oxygens (including phenoxy) is 1. The predicted octanol–water partition coefficient (Wildman–Crippen LogP) is 5.34. The van der Waals surface area contributed by atoms with Gasteiger partial charge in [-0.25, -0.2) is 23.7 Å². The number of amides is 1. The van der Waals surface area contributed by atoms with E-state index in [-0.39, 0.29) is 22.9 Å². The Balaban J connectivity index is 1.33. The monoisotopic (exact) mass is 443 g/mol. The van der Waals surface area contributed by atoms with Crippen LogP contribution in [0.15, 0.2) is 79.4 Å². The van der Waals surface area contributed by atoms with Crippen molar-refractivity contribution in [3.8, 4) is 22.8 Å². The fraction of sp³-hybridized carbons (Fsp3) is 0. The van der Waals surface area contributed by atoms with Gasteiger partial charge in [-0.3, -0.25) is 4.79 Å². The van der Waals surface area contributed by atoms with E-state index in [0.717, 1.165) is 11.5 Å². The van der Waals surface area contributed by atoms with Crippen LogP contribution in [0.25, 0.3) is 22.3 Å². The summed E-state index contributed by atoms with van der Waals surface area (Å²) in [6.07, 6.45) is 4.51. The van der Waals surface area contributed by atoms with Crippen molar-refractivity contribution in [3.05, 3.63) is 96.7 Å². The molecule has 0 atom stereocenters. The van der Waals surface area contributed by atoms with Crippen molar-refractivity contribution in [2.75, 3.05) is 5.32 Å². The molecule has 9 heteroatoms. The van der Waals surface area contributed by atoms with E-state index in [1.807, 2.05) is 0 Å². The highest BCUT2D eigenvalue weighted by Gasteiger charge is 2.14. The molecule has 7 nitrogen and oxygen atoms in total. The molecular weight excluding hydrogens is 428 g/mol. The van der Waals surface area contributed by atoms with E-state index in [2.05, 4.69) is 25.3 Å². The number of nitrogens with zero attached hydrogens (tertiary/aromatic N) is 3. The van der Waals surface area contributed by atoms with Crippen molar-refractivity contribution < 1.29 is 18.3 Å². The van der Waals surface area contributed by atoms with Crippen LogP contribution in [0.4, 0.5) is 14.5 Å². The molecule has 0 fully saturated rings. The van der Waals surface area contributed by atoms with Gasteiger partial charge in [0.1, 0.15) is 29.2 Å². The highest BCUT2D eigenvalue weighted by Crippen LogP contribution is 2.31. The Hall–Kier alpha value is -4.66. The summed E-state index contributed by atoms with van der Waals surface area (Å²) in [5.41, 5.74) is 2.03. The van der Waals surface area contributed by atoms with Crippen LogP contribution in [-0.4, -0.2) is 25.8 Å². The van der Waals surface area contributed by atoms with Crippen molar-refractivity contribution in [3.63, 3.8) is 0 Å². The van der Waals surface area contributed by atoms with Gasteiger partial charge in [-0.15, -0.1) is 0 Å². The zero-order valence-corrected chi connectivity index (χ0v) is 16.9. The van der Waals surface area contributed by atoms with E-state index in [1.165, 1.54) is 36.7 Å². The lowest BCUT2D eigenvalue weighted by Gasteiger charge is -2.10. The second-order valence-electron chi connectivity index (χ2n) is 7.05. The number of benzene rings is 2. The Kier molecular flexibility index (Phi) is 5.19. The van der Waals surface area contributed by atoms with Gasteiger partial charge in [0.2, 0.25) is 0 Å². The van der Waals surface area contributed by atoms with E-state index in [9.17, 15) is 13.6 Å². The molecule has 162 valence electrons. The summed E-state index contributed by atoms with van der Waals surface area (Å²) in [5, 5.41) is 3.32. The summed E-state index contributed by atoms with van der Waals surface area (Å²) < 4.78 is 33.5. The van der Waals surface area contributed by atoms with Gasteiger partial charge in [0.25, 0.3) is 5.91 Å². The van der Waals surface area contributed by atoms with Gasteiger partial charge in [0, 0.05) is 29.7 Å². The third kappa shape index (κ3) is 4.24. The Morgan fingerprint density at radius 3 is 2.58 bits per heavy atom. The van der Waals surface area contributed by atoms with Gasteiger partial charge in [0.05, 0.1) is 11.1 Å². The van der Waals surface area contributed by atoms with Gasteiger partial charge in [-0.05, 0) is 54.6 Å². The lowest BCUT2D eigenvalue weighted by atomic mass is 10.1. The van der Waals surface area contributed by atoms with Crippen LogP contribution in [-0.2, 0) is 0 Å². The molecule has 3 heterocycles. The van der Waals surface area contributed by atoms with Crippen LogP contribution >= 0.6 is 0 Å². The minimum atomic E-state index is -0.650. The number of carbonyl (C=O) groups is 1. The number of fused-ring (bicyclic) bond motifs is 1. The molecule has 0 aliphatic carbocycles. The number of hydrogen-bond donors (Lipinski definition) is 2. The Labute approximate surface area is 186 Å². The first-order valence-corrected chi connectivity index (χ1v) is 9.86. The molecule has 0 aliphatic heterocycles. The first-order valence-electron chi connectivity index (χ1n) is 9.86. The first kappa shape index (κ1) is 20.3. The number of pyridine rings is 1. The van der Waals surface area contributed by atoms with Crippen molar-refractivity contribution in [1.82, 2.24) is 19.9 Å². The minimum absolute atomic E-state index is 0.00216. The Morgan fingerprint density at radius 2 is 1.76 bits per heavy atom. The van der Waals surface area contributed by atoms with Crippen LogP contribution in [0.3, 0.4) is 0 Å². The molecule has 0 saturated carbocycles.